The molecule has 0 atom stereocenters. The molecule has 0 radical (unpaired) electrons. The smallest absolute Gasteiger partial charge is 0.312 e. The largest absolute Gasteiger partial charge is 0.339 e. The molecule has 0 saturated heterocycles. The molecule has 21 heavy (non-hydrogen) atoms. The van der Waals surface area contributed by atoms with Gasteiger partial charge in [0.15, 0.2) is 0 Å². The summed E-state index contributed by atoms with van der Waals surface area (Å²) in [5.41, 5.74) is 0.699. The summed E-state index contributed by atoms with van der Waals surface area (Å²) in [5.74, 6) is -0.135. The summed E-state index contributed by atoms with van der Waals surface area (Å²) in [6.07, 6.45) is 0. The first-order valence-electron chi connectivity index (χ1n) is 6.35. The molecule has 0 spiro atoms. The van der Waals surface area contributed by atoms with Gasteiger partial charge in [-0.2, -0.15) is 5.10 Å². The van der Waals surface area contributed by atoms with Crippen molar-refractivity contribution in [1.82, 2.24) is 14.7 Å². The third-order valence-corrected chi connectivity index (χ3v) is 4.07. The predicted molar refractivity (Wildman–Crippen MR) is 79.1 cm³/mol. The number of carbonyl (C=O) groups excluding carboxylic acids is 1. The Morgan fingerprint density at radius 3 is 2.76 bits per heavy atom. The lowest BCUT2D eigenvalue weighted by atomic mass is 10.3. The Kier molecular flexibility index (Phi) is 4.37. The van der Waals surface area contributed by atoms with Crippen molar-refractivity contribution in [2.75, 3.05) is 7.05 Å². The molecule has 0 fully saturated rings. The topological polar surface area (TPSA) is 81.3 Å². The minimum absolute atomic E-state index is 0.00237. The fourth-order valence-corrected chi connectivity index (χ4v) is 2.84. The number of hydrogen-bond donors (Lipinski definition) is 0. The van der Waals surface area contributed by atoms with Crippen molar-refractivity contribution in [1.29, 1.82) is 0 Å². The second-order valence-electron chi connectivity index (χ2n) is 4.76. The van der Waals surface area contributed by atoms with Crippen LogP contribution in [0.5, 0.6) is 0 Å². The highest BCUT2D eigenvalue weighted by Crippen LogP contribution is 2.21. The predicted octanol–water partition coefficient (Wildman–Crippen LogP) is 2.13. The van der Waals surface area contributed by atoms with Crippen molar-refractivity contribution >= 4 is 22.9 Å². The number of nitro groups is 1. The molecule has 2 rings (SSSR count). The summed E-state index contributed by atoms with van der Waals surface area (Å²) in [7, 11) is 1.71. The highest BCUT2D eigenvalue weighted by Gasteiger charge is 2.23. The van der Waals surface area contributed by atoms with Crippen LogP contribution in [0.25, 0.3) is 0 Å². The number of amides is 1. The number of carbonyl (C=O) groups is 1. The average Bonchev–Trinajstić information content (AvgIpc) is 2.98. The number of hydrogen-bond acceptors (Lipinski definition) is 5. The molecular formula is C13H16N4O3S. The summed E-state index contributed by atoms with van der Waals surface area (Å²) < 4.78 is 1.39. The van der Waals surface area contributed by atoms with Gasteiger partial charge in [0.2, 0.25) is 5.91 Å². The van der Waals surface area contributed by atoms with Gasteiger partial charge in [-0.15, -0.1) is 11.3 Å². The van der Waals surface area contributed by atoms with Crippen molar-refractivity contribution in [3.8, 4) is 0 Å². The Labute approximate surface area is 126 Å². The Morgan fingerprint density at radius 1 is 1.52 bits per heavy atom. The molecule has 2 aromatic rings. The minimum atomic E-state index is -0.464. The zero-order valence-electron chi connectivity index (χ0n) is 12.1. The van der Waals surface area contributed by atoms with Gasteiger partial charge in [0, 0.05) is 11.9 Å². The second kappa shape index (κ2) is 6.04. The van der Waals surface area contributed by atoms with E-state index in [0.717, 1.165) is 4.88 Å². The summed E-state index contributed by atoms with van der Waals surface area (Å²) in [4.78, 5) is 25.3. The van der Waals surface area contributed by atoms with Crippen LogP contribution < -0.4 is 0 Å². The third-order valence-electron chi connectivity index (χ3n) is 3.21. The molecule has 0 N–H and O–H groups in total. The first-order valence-corrected chi connectivity index (χ1v) is 7.23. The van der Waals surface area contributed by atoms with Crippen LogP contribution in [-0.2, 0) is 17.9 Å². The Bertz CT molecular complexity index is 663. The van der Waals surface area contributed by atoms with E-state index in [9.17, 15) is 14.9 Å². The molecule has 112 valence electrons. The lowest BCUT2D eigenvalue weighted by Crippen LogP contribution is -2.30. The number of rotatable bonds is 5. The van der Waals surface area contributed by atoms with E-state index in [1.807, 2.05) is 17.5 Å². The first-order chi connectivity index (χ1) is 9.90. The molecule has 0 aliphatic rings. The molecule has 0 aliphatic heterocycles. The number of aryl methyl sites for hydroxylation is 1. The van der Waals surface area contributed by atoms with Gasteiger partial charge in [-0.05, 0) is 25.3 Å². The Hall–Kier alpha value is -2.22. The van der Waals surface area contributed by atoms with E-state index < -0.39 is 4.92 Å². The van der Waals surface area contributed by atoms with Crippen LogP contribution in [0, 0.1) is 24.0 Å². The highest BCUT2D eigenvalue weighted by atomic mass is 32.1. The lowest BCUT2D eigenvalue weighted by molar-refractivity contribution is -0.386. The lowest BCUT2D eigenvalue weighted by Gasteiger charge is -2.16. The van der Waals surface area contributed by atoms with Crippen LogP contribution in [0.15, 0.2) is 17.5 Å². The average molecular weight is 308 g/mol. The van der Waals surface area contributed by atoms with Gasteiger partial charge in [-0.3, -0.25) is 19.6 Å². The van der Waals surface area contributed by atoms with Crippen molar-refractivity contribution in [2.24, 2.45) is 0 Å². The third kappa shape index (κ3) is 3.27. The quantitative estimate of drug-likeness (QED) is 0.626. The van der Waals surface area contributed by atoms with E-state index in [2.05, 4.69) is 5.10 Å². The molecule has 8 heteroatoms. The Morgan fingerprint density at radius 2 is 2.24 bits per heavy atom. The molecule has 0 unspecified atom stereocenters. The van der Waals surface area contributed by atoms with E-state index in [4.69, 9.17) is 0 Å². The normalized spacial score (nSPS) is 10.6. The Balaban J connectivity index is 2.09. The van der Waals surface area contributed by atoms with Crippen molar-refractivity contribution in [2.45, 2.75) is 26.9 Å². The van der Waals surface area contributed by atoms with Gasteiger partial charge in [0.05, 0.1) is 11.5 Å². The summed E-state index contributed by atoms with van der Waals surface area (Å²) >= 11 is 1.58. The molecule has 0 aromatic carbocycles. The zero-order valence-corrected chi connectivity index (χ0v) is 12.9. The SMILES string of the molecule is Cc1nn(CC(=O)N(C)Cc2cccs2)c(C)c1[N+](=O)[O-]. The summed E-state index contributed by atoms with van der Waals surface area (Å²) in [5, 5.41) is 17.0. The molecule has 0 bridgehead atoms. The summed E-state index contributed by atoms with van der Waals surface area (Å²) in [6.45, 7) is 3.70. The van der Waals surface area contributed by atoms with Gasteiger partial charge in [0.25, 0.3) is 0 Å². The number of thiophene rings is 1. The van der Waals surface area contributed by atoms with E-state index >= 15 is 0 Å². The van der Waals surface area contributed by atoms with E-state index in [1.165, 1.54) is 4.68 Å². The maximum atomic E-state index is 12.2. The van der Waals surface area contributed by atoms with Gasteiger partial charge < -0.3 is 4.90 Å². The minimum Gasteiger partial charge on any atom is -0.339 e. The molecular weight excluding hydrogens is 292 g/mol. The van der Waals surface area contributed by atoms with Gasteiger partial charge in [0.1, 0.15) is 17.9 Å². The summed E-state index contributed by atoms with van der Waals surface area (Å²) in [6, 6.07) is 3.89. The maximum absolute atomic E-state index is 12.2. The van der Waals surface area contributed by atoms with Crippen LogP contribution in [0.3, 0.4) is 0 Å². The van der Waals surface area contributed by atoms with Gasteiger partial charge >= 0.3 is 5.69 Å². The van der Waals surface area contributed by atoms with Crippen LogP contribution in [0.2, 0.25) is 0 Å². The molecule has 7 nitrogen and oxygen atoms in total. The fourth-order valence-electron chi connectivity index (χ4n) is 2.08. The second-order valence-corrected chi connectivity index (χ2v) is 5.80. The van der Waals surface area contributed by atoms with Gasteiger partial charge in [-0.1, -0.05) is 6.07 Å². The molecule has 2 heterocycles. The van der Waals surface area contributed by atoms with Crippen LogP contribution in [0.1, 0.15) is 16.3 Å². The van der Waals surface area contributed by atoms with E-state index in [0.29, 0.717) is 17.9 Å². The number of likely N-dealkylation sites (N-methyl/N-ethyl adjacent to an activating group) is 1. The molecule has 0 saturated carbocycles. The van der Waals surface area contributed by atoms with E-state index in [1.54, 1.807) is 37.1 Å². The van der Waals surface area contributed by atoms with Crippen molar-refractivity contribution < 1.29 is 9.72 Å². The number of nitrogens with zero attached hydrogens (tertiary/aromatic N) is 4. The monoisotopic (exact) mass is 308 g/mol. The van der Waals surface area contributed by atoms with Crippen LogP contribution in [0.4, 0.5) is 5.69 Å². The first kappa shape index (κ1) is 15.2. The number of aromatic nitrogens is 2. The van der Waals surface area contributed by atoms with Crippen molar-refractivity contribution in [3.05, 3.63) is 43.9 Å². The highest BCUT2D eigenvalue weighted by molar-refractivity contribution is 7.09. The standard InChI is InChI=1S/C13H16N4O3S/c1-9-13(17(19)20)10(2)16(14-9)8-12(18)15(3)7-11-5-4-6-21-11/h4-6H,7-8H2,1-3H3. The maximum Gasteiger partial charge on any atom is 0.312 e. The fraction of sp³-hybridized carbons (Fsp3) is 0.385. The van der Waals surface area contributed by atoms with Crippen LogP contribution >= 0.6 is 11.3 Å². The van der Waals surface area contributed by atoms with E-state index in [-0.39, 0.29) is 18.1 Å². The molecule has 1 amide bonds. The van der Waals surface area contributed by atoms with Crippen molar-refractivity contribution in [3.63, 3.8) is 0 Å². The molecule has 2 aromatic heterocycles. The zero-order chi connectivity index (χ0) is 15.6. The van der Waals surface area contributed by atoms with Gasteiger partial charge in [-0.25, -0.2) is 0 Å². The molecule has 0 aliphatic carbocycles. The van der Waals surface area contributed by atoms with Crippen LogP contribution in [-0.4, -0.2) is 32.6 Å².